The Labute approximate surface area is 124 Å². The van der Waals surface area contributed by atoms with Gasteiger partial charge in [0.2, 0.25) is 5.91 Å². The minimum absolute atomic E-state index is 0.0708. The van der Waals surface area contributed by atoms with Crippen molar-refractivity contribution in [2.45, 2.75) is 45.7 Å². The van der Waals surface area contributed by atoms with Crippen LogP contribution in [0.4, 0.5) is 10.6 Å². The summed E-state index contributed by atoms with van der Waals surface area (Å²) in [6.07, 6.45) is 0.339. The first-order chi connectivity index (χ1) is 9.75. The first-order valence-electron chi connectivity index (χ1n) is 7.07. The number of anilines is 1. The first kappa shape index (κ1) is 15.3. The van der Waals surface area contributed by atoms with Gasteiger partial charge in [-0.3, -0.25) is 10.1 Å². The zero-order valence-corrected chi connectivity index (χ0v) is 12.9. The van der Waals surface area contributed by atoms with E-state index < -0.39 is 0 Å². The fraction of sp³-hybridized carbons (Fsp3) is 0.533. The van der Waals surface area contributed by atoms with E-state index in [9.17, 15) is 9.59 Å². The number of nitrogens with one attached hydrogen (secondary N) is 2. The number of amides is 3. The number of rotatable bonds is 2. The number of hydrogen-bond acceptors (Lipinski definition) is 3. The van der Waals surface area contributed by atoms with Crippen LogP contribution in [-0.2, 0) is 4.79 Å². The highest BCUT2D eigenvalue weighted by atomic mass is 16.2. The molecule has 1 unspecified atom stereocenters. The van der Waals surface area contributed by atoms with Gasteiger partial charge in [0.1, 0.15) is 5.82 Å². The highest BCUT2D eigenvalue weighted by Crippen LogP contribution is 2.21. The Morgan fingerprint density at radius 2 is 2.10 bits per heavy atom. The van der Waals surface area contributed by atoms with E-state index in [0.717, 1.165) is 5.69 Å². The Morgan fingerprint density at radius 3 is 2.67 bits per heavy atom. The second-order valence-electron chi connectivity index (χ2n) is 6.34. The van der Waals surface area contributed by atoms with Crippen LogP contribution < -0.4 is 10.6 Å². The standard InChI is InChI=1S/C15H22N4O2/c1-10-6-5-7-12(16-10)18-14(21)17-11-8-13(20)19(9-11)15(2,3)4/h5-7,11H,8-9H2,1-4H3,(H2,16,17,18,21). The maximum absolute atomic E-state index is 12.0. The topological polar surface area (TPSA) is 74.3 Å². The molecule has 1 aliphatic heterocycles. The molecular formula is C15H22N4O2. The number of likely N-dealkylation sites (tertiary alicyclic amines) is 1. The van der Waals surface area contributed by atoms with E-state index in [1.54, 1.807) is 11.0 Å². The van der Waals surface area contributed by atoms with Gasteiger partial charge >= 0.3 is 6.03 Å². The Kier molecular flexibility index (Phi) is 4.16. The van der Waals surface area contributed by atoms with Gasteiger partial charge in [-0.2, -0.15) is 0 Å². The summed E-state index contributed by atoms with van der Waals surface area (Å²) in [7, 11) is 0. The molecule has 1 saturated heterocycles. The summed E-state index contributed by atoms with van der Waals surface area (Å²) in [6, 6.07) is 4.93. The predicted octanol–water partition coefficient (Wildman–Crippen LogP) is 1.91. The Morgan fingerprint density at radius 1 is 1.38 bits per heavy atom. The molecule has 0 aliphatic carbocycles. The van der Waals surface area contributed by atoms with Crippen LogP contribution in [0.1, 0.15) is 32.9 Å². The second kappa shape index (κ2) is 5.71. The highest BCUT2D eigenvalue weighted by molar-refractivity contribution is 5.89. The van der Waals surface area contributed by atoms with Crippen LogP contribution in [0.3, 0.4) is 0 Å². The SMILES string of the molecule is Cc1cccc(NC(=O)NC2CC(=O)N(C(C)(C)C)C2)n1. The fourth-order valence-electron chi connectivity index (χ4n) is 2.40. The largest absolute Gasteiger partial charge is 0.336 e. The van der Waals surface area contributed by atoms with Crippen LogP contribution in [0.15, 0.2) is 18.2 Å². The van der Waals surface area contributed by atoms with Crippen molar-refractivity contribution in [1.82, 2.24) is 15.2 Å². The Hall–Kier alpha value is -2.11. The fourth-order valence-corrected chi connectivity index (χ4v) is 2.40. The molecular weight excluding hydrogens is 268 g/mol. The number of aryl methyl sites for hydroxylation is 1. The van der Waals surface area contributed by atoms with Crippen molar-refractivity contribution < 1.29 is 9.59 Å². The van der Waals surface area contributed by atoms with E-state index in [1.165, 1.54) is 0 Å². The molecule has 1 aliphatic rings. The summed E-state index contributed by atoms with van der Waals surface area (Å²) in [4.78, 5) is 29.9. The first-order valence-corrected chi connectivity index (χ1v) is 7.07. The van der Waals surface area contributed by atoms with E-state index in [2.05, 4.69) is 15.6 Å². The van der Waals surface area contributed by atoms with Crippen molar-refractivity contribution >= 4 is 17.8 Å². The lowest BCUT2D eigenvalue weighted by Gasteiger charge is -2.32. The summed E-state index contributed by atoms with van der Waals surface area (Å²) >= 11 is 0. The molecule has 6 heteroatoms. The molecule has 1 aromatic heterocycles. The van der Waals surface area contributed by atoms with Crippen LogP contribution in [0, 0.1) is 6.92 Å². The maximum Gasteiger partial charge on any atom is 0.320 e. The van der Waals surface area contributed by atoms with Crippen molar-refractivity contribution in [2.24, 2.45) is 0 Å². The van der Waals surface area contributed by atoms with E-state index in [0.29, 0.717) is 18.8 Å². The highest BCUT2D eigenvalue weighted by Gasteiger charge is 2.36. The summed E-state index contributed by atoms with van der Waals surface area (Å²) in [5.41, 5.74) is 0.616. The average Bonchev–Trinajstić information content (AvgIpc) is 2.69. The Bertz CT molecular complexity index is 551. The van der Waals surface area contributed by atoms with Crippen LogP contribution in [0.25, 0.3) is 0 Å². The predicted molar refractivity (Wildman–Crippen MR) is 81.0 cm³/mol. The zero-order chi connectivity index (χ0) is 15.6. The van der Waals surface area contributed by atoms with E-state index in [4.69, 9.17) is 0 Å². The lowest BCUT2D eigenvalue weighted by molar-refractivity contribution is -0.131. The van der Waals surface area contributed by atoms with E-state index >= 15 is 0 Å². The third-order valence-electron chi connectivity index (χ3n) is 3.40. The molecule has 2 heterocycles. The zero-order valence-electron chi connectivity index (χ0n) is 12.9. The number of pyridine rings is 1. The molecule has 3 amide bonds. The number of carbonyl (C=O) groups is 2. The minimum Gasteiger partial charge on any atom is -0.336 e. The van der Waals surface area contributed by atoms with Crippen LogP contribution in [0.5, 0.6) is 0 Å². The molecule has 0 bridgehead atoms. The summed E-state index contributed by atoms with van der Waals surface area (Å²) in [5, 5.41) is 5.51. The number of carbonyl (C=O) groups excluding carboxylic acids is 2. The lowest BCUT2D eigenvalue weighted by Crippen LogP contribution is -2.45. The van der Waals surface area contributed by atoms with Crippen molar-refractivity contribution in [3.8, 4) is 0 Å². The molecule has 1 aromatic rings. The summed E-state index contributed by atoms with van der Waals surface area (Å²) in [5.74, 6) is 0.575. The van der Waals surface area contributed by atoms with Crippen molar-refractivity contribution in [3.05, 3.63) is 23.9 Å². The van der Waals surface area contributed by atoms with Gasteiger partial charge in [-0.15, -0.1) is 0 Å². The molecule has 1 fully saturated rings. The number of hydrogen-bond donors (Lipinski definition) is 2. The van der Waals surface area contributed by atoms with Gasteiger partial charge in [0, 0.05) is 24.2 Å². The van der Waals surface area contributed by atoms with Crippen LogP contribution in [0.2, 0.25) is 0 Å². The summed E-state index contributed by atoms with van der Waals surface area (Å²) in [6.45, 7) is 8.37. The van der Waals surface area contributed by atoms with E-state index in [1.807, 2.05) is 39.8 Å². The molecule has 6 nitrogen and oxygen atoms in total. The molecule has 2 N–H and O–H groups in total. The molecule has 21 heavy (non-hydrogen) atoms. The summed E-state index contributed by atoms with van der Waals surface area (Å²) < 4.78 is 0. The van der Waals surface area contributed by atoms with Crippen LogP contribution in [-0.4, -0.2) is 39.9 Å². The molecule has 0 aromatic carbocycles. The normalized spacial score (nSPS) is 18.8. The molecule has 2 rings (SSSR count). The van der Waals surface area contributed by atoms with Gasteiger partial charge in [0.15, 0.2) is 0 Å². The van der Waals surface area contributed by atoms with Gasteiger partial charge in [-0.25, -0.2) is 9.78 Å². The van der Waals surface area contributed by atoms with Gasteiger partial charge < -0.3 is 10.2 Å². The minimum atomic E-state index is -0.332. The second-order valence-corrected chi connectivity index (χ2v) is 6.34. The van der Waals surface area contributed by atoms with Gasteiger partial charge in [-0.05, 0) is 39.8 Å². The monoisotopic (exact) mass is 290 g/mol. The van der Waals surface area contributed by atoms with Crippen LogP contribution >= 0.6 is 0 Å². The maximum atomic E-state index is 12.0. The van der Waals surface area contributed by atoms with Gasteiger partial charge in [0.25, 0.3) is 0 Å². The number of aromatic nitrogens is 1. The molecule has 114 valence electrons. The molecule has 0 spiro atoms. The third kappa shape index (κ3) is 3.93. The van der Waals surface area contributed by atoms with Crippen molar-refractivity contribution in [1.29, 1.82) is 0 Å². The van der Waals surface area contributed by atoms with E-state index in [-0.39, 0.29) is 23.5 Å². The number of urea groups is 1. The van der Waals surface area contributed by atoms with Gasteiger partial charge in [-0.1, -0.05) is 6.07 Å². The quantitative estimate of drug-likeness (QED) is 0.873. The Balaban J connectivity index is 1.91. The smallest absolute Gasteiger partial charge is 0.320 e. The molecule has 0 saturated carbocycles. The van der Waals surface area contributed by atoms with Gasteiger partial charge in [0.05, 0.1) is 6.04 Å². The average molecular weight is 290 g/mol. The third-order valence-corrected chi connectivity index (χ3v) is 3.40. The molecule has 1 atom stereocenters. The van der Waals surface area contributed by atoms with Crippen molar-refractivity contribution in [3.63, 3.8) is 0 Å². The lowest BCUT2D eigenvalue weighted by atomic mass is 10.1. The van der Waals surface area contributed by atoms with Crippen molar-refractivity contribution in [2.75, 3.05) is 11.9 Å². The molecule has 0 radical (unpaired) electrons. The number of nitrogens with zero attached hydrogens (tertiary/aromatic N) is 2.